The van der Waals surface area contributed by atoms with E-state index in [1.54, 1.807) is 6.08 Å². The number of nitrogens with one attached hydrogen (secondary N) is 1. The Balaban J connectivity index is 2.10. The van der Waals surface area contributed by atoms with Crippen LogP contribution < -0.4 is 9.84 Å². The number of carbonyl (C=O) groups excluding carboxylic acids is 1. The zero-order valence-corrected chi connectivity index (χ0v) is 16.2. The molecule has 0 spiro atoms. The predicted octanol–water partition coefficient (Wildman–Crippen LogP) is 3.19. The number of carbonyl (C=O) groups is 1. The second-order valence-corrected chi connectivity index (χ2v) is 7.19. The van der Waals surface area contributed by atoms with E-state index < -0.39 is 5.97 Å². The molecule has 0 amide bonds. The van der Waals surface area contributed by atoms with Gasteiger partial charge in [0, 0.05) is 16.9 Å². The molecule has 1 aromatic heterocycles. The Labute approximate surface area is 161 Å². The Kier molecular flexibility index (Phi) is 5.81. The van der Waals surface area contributed by atoms with E-state index >= 15 is 0 Å². The molecule has 0 unspecified atom stereocenters. The Morgan fingerprint density at radius 2 is 2.07 bits per heavy atom. The highest BCUT2D eigenvalue weighted by Crippen LogP contribution is 2.34. The van der Waals surface area contributed by atoms with Crippen LogP contribution >= 0.6 is 11.8 Å². The summed E-state index contributed by atoms with van der Waals surface area (Å²) in [5.41, 5.74) is 0.694. The zero-order valence-electron chi connectivity index (χ0n) is 15.4. The van der Waals surface area contributed by atoms with Gasteiger partial charge in [-0.2, -0.15) is 0 Å². The minimum Gasteiger partial charge on any atom is -0.544 e. The van der Waals surface area contributed by atoms with Crippen LogP contribution in [0.2, 0.25) is 0 Å². The number of benzene rings is 2. The SMILES string of the molecule is CCc1nc(S/C(=C\c2c(OC(C)C)ccc3ccccc23)C(=O)[O-])n[nH]1. The van der Waals surface area contributed by atoms with Gasteiger partial charge in [-0.1, -0.05) is 37.3 Å². The fraction of sp³-hybridized carbons (Fsp3) is 0.250. The summed E-state index contributed by atoms with van der Waals surface area (Å²) in [5, 5.41) is 20.8. The number of carboxylic acids is 1. The first kappa shape index (κ1) is 19.0. The maximum Gasteiger partial charge on any atom is 0.213 e. The minimum atomic E-state index is -1.29. The zero-order chi connectivity index (χ0) is 19.4. The molecule has 0 bridgehead atoms. The highest BCUT2D eigenvalue weighted by atomic mass is 32.2. The molecule has 0 atom stereocenters. The Bertz CT molecular complexity index is 995. The number of carboxylic acid groups (broad SMARTS) is 1. The van der Waals surface area contributed by atoms with Gasteiger partial charge in [0.15, 0.2) is 0 Å². The van der Waals surface area contributed by atoms with E-state index in [0.29, 0.717) is 28.7 Å². The lowest BCUT2D eigenvalue weighted by molar-refractivity contribution is -0.297. The van der Waals surface area contributed by atoms with Crippen molar-refractivity contribution in [3.05, 3.63) is 52.7 Å². The van der Waals surface area contributed by atoms with E-state index in [9.17, 15) is 9.90 Å². The van der Waals surface area contributed by atoms with E-state index in [1.165, 1.54) is 0 Å². The van der Waals surface area contributed by atoms with Crippen molar-refractivity contribution in [2.24, 2.45) is 0 Å². The van der Waals surface area contributed by atoms with Crippen molar-refractivity contribution >= 4 is 34.6 Å². The maximum atomic E-state index is 11.7. The van der Waals surface area contributed by atoms with Gasteiger partial charge in [0.25, 0.3) is 0 Å². The third-order valence-corrected chi connectivity index (χ3v) is 4.69. The van der Waals surface area contributed by atoms with Gasteiger partial charge in [0.05, 0.1) is 12.1 Å². The molecular weight excluding hydrogens is 362 g/mol. The molecule has 0 fully saturated rings. The lowest BCUT2D eigenvalue weighted by Gasteiger charge is -2.16. The summed E-state index contributed by atoms with van der Waals surface area (Å²) in [5.74, 6) is 0.0303. The summed E-state index contributed by atoms with van der Waals surface area (Å²) in [6.45, 7) is 5.80. The number of fused-ring (bicyclic) bond motifs is 1. The number of ether oxygens (including phenoxy) is 1. The molecule has 3 aromatic rings. The van der Waals surface area contributed by atoms with Crippen LogP contribution in [-0.4, -0.2) is 27.3 Å². The van der Waals surface area contributed by atoms with Crippen LogP contribution in [-0.2, 0) is 11.2 Å². The average Bonchev–Trinajstić information content (AvgIpc) is 3.10. The summed E-state index contributed by atoms with van der Waals surface area (Å²) in [6, 6.07) is 11.6. The highest BCUT2D eigenvalue weighted by molar-refractivity contribution is 8.04. The van der Waals surface area contributed by atoms with Crippen LogP contribution in [0.25, 0.3) is 16.8 Å². The summed E-state index contributed by atoms with van der Waals surface area (Å²) in [6.07, 6.45) is 2.22. The average molecular weight is 382 g/mol. The molecule has 0 saturated carbocycles. The van der Waals surface area contributed by atoms with Crippen molar-refractivity contribution < 1.29 is 14.6 Å². The van der Waals surface area contributed by atoms with Crippen molar-refractivity contribution in [2.75, 3.05) is 0 Å². The first-order valence-corrected chi connectivity index (χ1v) is 9.50. The molecule has 0 radical (unpaired) electrons. The molecule has 7 heteroatoms. The Hall–Kier alpha value is -2.80. The summed E-state index contributed by atoms with van der Waals surface area (Å²) >= 11 is 0.954. The van der Waals surface area contributed by atoms with E-state index in [2.05, 4.69) is 15.2 Å². The fourth-order valence-corrected chi connectivity index (χ4v) is 3.33. The number of rotatable bonds is 7. The van der Waals surface area contributed by atoms with Crippen LogP contribution in [0.4, 0.5) is 0 Å². The number of nitrogens with zero attached hydrogens (tertiary/aromatic N) is 2. The van der Waals surface area contributed by atoms with Gasteiger partial charge in [0.2, 0.25) is 5.16 Å². The molecule has 27 heavy (non-hydrogen) atoms. The van der Waals surface area contributed by atoms with Crippen LogP contribution in [0.15, 0.2) is 46.5 Å². The van der Waals surface area contributed by atoms with Gasteiger partial charge in [0.1, 0.15) is 11.6 Å². The molecule has 2 aromatic carbocycles. The largest absolute Gasteiger partial charge is 0.544 e. The van der Waals surface area contributed by atoms with Crippen LogP contribution in [0.5, 0.6) is 5.75 Å². The number of aryl methyl sites for hydroxylation is 1. The van der Waals surface area contributed by atoms with Crippen molar-refractivity contribution in [2.45, 2.75) is 38.5 Å². The normalized spacial score (nSPS) is 11.9. The summed E-state index contributed by atoms with van der Waals surface area (Å²) in [7, 11) is 0. The standard InChI is InChI=1S/C20H21N3O3S/c1-4-18-21-20(23-22-18)27-17(19(24)25)11-15-14-8-6-5-7-13(14)9-10-16(15)26-12(2)3/h5-12H,4H2,1-3H3,(H,24,25)(H,21,22,23)/p-1/b17-11-. The molecule has 140 valence electrons. The van der Waals surface area contributed by atoms with Gasteiger partial charge < -0.3 is 14.6 Å². The predicted molar refractivity (Wildman–Crippen MR) is 104 cm³/mol. The Morgan fingerprint density at radius 3 is 2.74 bits per heavy atom. The molecule has 0 aliphatic carbocycles. The number of aromatic amines is 1. The third kappa shape index (κ3) is 4.49. The van der Waals surface area contributed by atoms with E-state index in [1.807, 2.05) is 57.2 Å². The minimum absolute atomic E-state index is 0.0154. The van der Waals surface area contributed by atoms with Gasteiger partial charge in [-0.25, -0.2) is 4.98 Å². The third-order valence-electron chi connectivity index (χ3n) is 3.82. The second kappa shape index (κ2) is 8.26. The fourth-order valence-electron chi connectivity index (χ4n) is 2.62. The van der Waals surface area contributed by atoms with Crippen LogP contribution in [0.3, 0.4) is 0 Å². The number of thioether (sulfide) groups is 1. The number of H-pyrrole nitrogens is 1. The maximum absolute atomic E-state index is 11.7. The summed E-state index contributed by atoms with van der Waals surface area (Å²) < 4.78 is 5.90. The molecule has 0 aliphatic rings. The lowest BCUT2D eigenvalue weighted by atomic mass is 10.0. The topological polar surface area (TPSA) is 90.9 Å². The quantitative estimate of drug-likeness (QED) is 0.498. The molecule has 1 N–H and O–H groups in total. The first-order valence-electron chi connectivity index (χ1n) is 8.68. The van der Waals surface area contributed by atoms with Crippen molar-refractivity contribution in [1.29, 1.82) is 0 Å². The Morgan fingerprint density at radius 1 is 1.30 bits per heavy atom. The lowest BCUT2D eigenvalue weighted by Crippen LogP contribution is -2.23. The van der Waals surface area contributed by atoms with E-state index in [-0.39, 0.29) is 11.0 Å². The monoisotopic (exact) mass is 382 g/mol. The first-order chi connectivity index (χ1) is 13.0. The van der Waals surface area contributed by atoms with Gasteiger partial charge in [-0.05, 0) is 48.5 Å². The molecule has 3 rings (SSSR count). The molecular formula is C20H20N3O3S-. The number of aliphatic carboxylic acids is 1. The summed E-state index contributed by atoms with van der Waals surface area (Å²) in [4.78, 5) is 16.0. The van der Waals surface area contributed by atoms with Crippen molar-refractivity contribution in [3.63, 3.8) is 0 Å². The number of hydrogen-bond acceptors (Lipinski definition) is 6. The second-order valence-electron chi connectivity index (χ2n) is 6.18. The van der Waals surface area contributed by atoms with Crippen LogP contribution in [0.1, 0.15) is 32.2 Å². The number of aromatic nitrogens is 3. The highest BCUT2D eigenvalue weighted by Gasteiger charge is 2.13. The molecule has 0 saturated heterocycles. The molecule has 0 aliphatic heterocycles. The van der Waals surface area contributed by atoms with Gasteiger partial charge in [-0.15, -0.1) is 5.10 Å². The van der Waals surface area contributed by atoms with Gasteiger partial charge >= 0.3 is 0 Å². The van der Waals surface area contributed by atoms with Gasteiger partial charge in [-0.3, -0.25) is 5.10 Å². The van der Waals surface area contributed by atoms with Crippen LogP contribution in [0, 0.1) is 0 Å². The molecule has 1 heterocycles. The smallest absolute Gasteiger partial charge is 0.213 e. The van der Waals surface area contributed by atoms with Crippen molar-refractivity contribution in [1.82, 2.24) is 15.2 Å². The van der Waals surface area contributed by atoms with Crippen molar-refractivity contribution in [3.8, 4) is 5.75 Å². The van der Waals surface area contributed by atoms with E-state index in [0.717, 1.165) is 22.5 Å². The number of hydrogen-bond donors (Lipinski definition) is 1. The van der Waals surface area contributed by atoms with E-state index in [4.69, 9.17) is 4.74 Å². The molecule has 6 nitrogen and oxygen atoms in total.